The average Bonchev–Trinajstić information content (AvgIpc) is 2.64. The number of para-hydroxylation sites is 3. The Kier molecular flexibility index (Phi) is 7.14. The van der Waals surface area contributed by atoms with Crippen LogP contribution in [0.2, 0.25) is 0 Å². The van der Waals surface area contributed by atoms with Crippen LogP contribution in [-0.2, 0) is 4.79 Å². The van der Waals surface area contributed by atoms with E-state index in [1.165, 1.54) is 0 Å². The lowest BCUT2D eigenvalue weighted by molar-refractivity contribution is -0.128. The van der Waals surface area contributed by atoms with Crippen molar-refractivity contribution in [1.82, 2.24) is 5.32 Å². The van der Waals surface area contributed by atoms with Gasteiger partial charge in [0, 0.05) is 0 Å². The number of amides is 1. The highest BCUT2D eigenvalue weighted by Crippen LogP contribution is 2.25. The molecule has 0 aromatic heterocycles. The Morgan fingerprint density at radius 2 is 1.68 bits per heavy atom. The van der Waals surface area contributed by atoms with Crippen LogP contribution in [0.15, 0.2) is 48.5 Å². The van der Waals surface area contributed by atoms with Crippen LogP contribution in [0, 0.1) is 6.92 Å². The third kappa shape index (κ3) is 5.41. The van der Waals surface area contributed by atoms with Crippen molar-refractivity contribution in [3.05, 3.63) is 54.1 Å². The summed E-state index contributed by atoms with van der Waals surface area (Å²) in [6.07, 6.45) is 0.0698. The van der Waals surface area contributed by atoms with Crippen molar-refractivity contribution < 1.29 is 19.0 Å². The number of hydrogen-bond acceptors (Lipinski definition) is 4. The van der Waals surface area contributed by atoms with E-state index in [9.17, 15) is 4.79 Å². The molecule has 0 bridgehead atoms. The van der Waals surface area contributed by atoms with E-state index >= 15 is 0 Å². The molecule has 2 aromatic carbocycles. The lowest BCUT2D eigenvalue weighted by Gasteiger charge is -2.18. The molecule has 1 amide bonds. The minimum atomic E-state index is -0.521. The second kappa shape index (κ2) is 9.57. The van der Waals surface area contributed by atoms with E-state index in [0.29, 0.717) is 31.1 Å². The maximum Gasteiger partial charge on any atom is 0.261 e. The van der Waals surface area contributed by atoms with E-state index in [1.807, 2.05) is 62.4 Å². The molecule has 0 aliphatic rings. The Hall–Kier alpha value is -2.69. The molecule has 1 atom stereocenters. The van der Waals surface area contributed by atoms with Crippen LogP contribution in [0.3, 0.4) is 0 Å². The van der Waals surface area contributed by atoms with Crippen LogP contribution >= 0.6 is 0 Å². The summed E-state index contributed by atoms with van der Waals surface area (Å²) in [4.78, 5) is 12.3. The quantitative estimate of drug-likeness (QED) is 0.710. The van der Waals surface area contributed by atoms with Crippen molar-refractivity contribution in [3.63, 3.8) is 0 Å². The molecule has 0 aliphatic heterocycles. The zero-order chi connectivity index (χ0) is 18.1. The molecule has 0 radical (unpaired) electrons. The summed E-state index contributed by atoms with van der Waals surface area (Å²) in [6.45, 7) is 4.63. The van der Waals surface area contributed by atoms with Gasteiger partial charge in [-0.1, -0.05) is 37.3 Å². The van der Waals surface area contributed by atoms with Gasteiger partial charge in [0.05, 0.1) is 13.7 Å². The van der Waals surface area contributed by atoms with Crippen molar-refractivity contribution in [2.75, 3.05) is 20.3 Å². The highest BCUT2D eigenvalue weighted by atomic mass is 16.5. The summed E-state index contributed by atoms with van der Waals surface area (Å²) in [6, 6.07) is 15.1. The number of nitrogens with one attached hydrogen (secondary N) is 1. The number of carbonyl (C=O) groups is 1. The summed E-state index contributed by atoms with van der Waals surface area (Å²) in [5.74, 6) is 1.91. The van der Waals surface area contributed by atoms with Gasteiger partial charge in [-0.3, -0.25) is 4.79 Å². The van der Waals surface area contributed by atoms with Crippen LogP contribution in [0.4, 0.5) is 0 Å². The largest absolute Gasteiger partial charge is 0.493 e. The first-order valence-electron chi connectivity index (χ1n) is 8.41. The topological polar surface area (TPSA) is 56.8 Å². The molecule has 1 N–H and O–H groups in total. The molecule has 0 saturated heterocycles. The van der Waals surface area contributed by atoms with Crippen molar-refractivity contribution in [3.8, 4) is 17.2 Å². The number of aryl methyl sites for hydroxylation is 1. The maximum absolute atomic E-state index is 12.3. The fourth-order valence-electron chi connectivity index (χ4n) is 2.35. The molecule has 0 fully saturated rings. The molecule has 25 heavy (non-hydrogen) atoms. The maximum atomic E-state index is 12.3. The number of hydrogen-bond donors (Lipinski definition) is 1. The van der Waals surface area contributed by atoms with Gasteiger partial charge in [-0.25, -0.2) is 0 Å². The molecular formula is C20H25NO4. The Balaban J connectivity index is 1.81. The smallest absolute Gasteiger partial charge is 0.261 e. The van der Waals surface area contributed by atoms with E-state index in [4.69, 9.17) is 14.2 Å². The van der Waals surface area contributed by atoms with E-state index in [1.54, 1.807) is 7.11 Å². The second-order valence-corrected chi connectivity index (χ2v) is 5.57. The van der Waals surface area contributed by atoms with Crippen molar-refractivity contribution >= 4 is 5.91 Å². The molecule has 0 heterocycles. The van der Waals surface area contributed by atoms with Crippen LogP contribution in [0.5, 0.6) is 17.2 Å². The van der Waals surface area contributed by atoms with E-state index in [2.05, 4.69) is 5.32 Å². The predicted octanol–water partition coefficient (Wildman–Crippen LogP) is 3.36. The first-order chi connectivity index (χ1) is 12.2. The van der Waals surface area contributed by atoms with Gasteiger partial charge in [-0.15, -0.1) is 0 Å². The van der Waals surface area contributed by atoms with Crippen LogP contribution in [0.1, 0.15) is 18.9 Å². The molecule has 2 aromatic rings. The van der Waals surface area contributed by atoms with E-state index < -0.39 is 6.10 Å². The van der Waals surface area contributed by atoms with Crippen LogP contribution in [-0.4, -0.2) is 32.3 Å². The minimum Gasteiger partial charge on any atom is -0.493 e. The van der Waals surface area contributed by atoms with Gasteiger partial charge in [0.15, 0.2) is 17.6 Å². The Bertz CT molecular complexity index is 687. The monoisotopic (exact) mass is 343 g/mol. The zero-order valence-electron chi connectivity index (χ0n) is 15.0. The van der Waals surface area contributed by atoms with Crippen LogP contribution in [0.25, 0.3) is 0 Å². The fourth-order valence-corrected chi connectivity index (χ4v) is 2.35. The van der Waals surface area contributed by atoms with Gasteiger partial charge in [0.1, 0.15) is 12.4 Å². The number of methoxy groups -OCH3 is 1. The van der Waals surface area contributed by atoms with Crippen molar-refractivity contribution in [1.29, 1.82) is 0 Å². The molecular weight excluding hydrogens is 318 g/mol. The SMILES string of the molecule is CC[C@@H](Oc1ccccc1C)C(=O)NCCOc1ccccc1OC. The molecule has 5 heteroatoms. The highest BCUT2D eigenvalue weighted by molar-refractivity contribution is 5.81. The number of rotatable bonds is 9. The van der Waals surface area contributed by atoms with E-state index in [0.717, 1.165) is 11.3 Å². The lowest BCUT2D eigenvalue weighted by Crippen LogP contribution is -2.39. The summed E-state index contributed by atoms with van der Waals surface area (Å²) in [7, 11) is 1.60. The summed E-state index contributed by atoms with van der Waals surface area (Å²) in [5.41, 5.74) is 1.01. The number of ether oxygens (including phenoxy) is 3. The molecule has 0 saturated carbocycles. The van der Waals surface area contributed by atoms with E-state index in [-0.39, 0.29) is 5.91 Å². The van der Waals surface area contributed by atoms with Gasteiger partial charge in [0.25, 0.3) is 5.91 Å². The molecule has 5 nitrogen and oxygen atoms in total. The summed E-state index contributed by atoms with van der Waals surface area (Å²) < 4.78 is 16.7. The van der Waals surface area contributed by atoms with Gasteiger partial charge in [0.2, 0.25) is 0 Å². The molecule has 2 rings (SSSR count). The Morgan fingerprint density at radius 3 is 2.32 bits per heavy atom. The fraction of sp³-hybridized carbons (Fsp3) is 0.350. The molecule has 0 spiro atoms. The van der Waals surface area contributed by atoms with Gasteiger partial charge < -0.3 is 19.5 Å². The lowest BCUT2D eigenvalue weighted by atomic mass is 10.2. The Labute approximate surface area is 148 Å². The Morgan fingerprint density at radius 1 is 1.04 bits per heavy atom. The highest BCUT2D eigenvalue weighted by Gasteiger charge is 2.18. The average molecular weight is 343 g/mol. The van der Waals surface area contributed by atoms with Crippen molar-refractivity contribution in [2.24, 2.45) is 0 Å². The third-order valence-corrected chi connectivity index (χ3v) is 3.75. The van der Waals surface area contributed by atoms with Crippen LogP contribution < -0.4 is 19.5 Å². The number of benzene rings is 2. The summed E-state index contributed by atoms with van der Waals surface area (Å²) in [5, 5.41) is 2.85. The molecule has 0 aliphatic carbocycles. The molecule has 134 valence electrons. The van der Waals surface area contributed by atoms with Gasteiger partial charge in [-0.2, -0.15) is 0 Å². The first-order valence-corrected chi connectivity index (χ1v) is 8.41. The minimum absolute atomic E-state index is 0.144. The van der Waals surface area contributed by atoms with Crippen molar-refractivity contribution in [2.45, 2.75) is 26.4 Å². The zero-order valence-corrected chi connectivity index (χ0v) is 15.0. The normalized spacial score (nSPS) is 11.5. The first kappa shape index (κ1) is 18.6. The standard InChI is InChI=1S/C20H25NO4/c1-4-16(25-17-10-6-5-9-15(17)2)20(22)21-13-14-24-19-12-8-7-11-18(19)23-3/h5-12,16H,4,13-14H2,1-3H3,(H,21,22)/t16-/m1/s1. The predicted molar refractivity (Wildman–Crippen MR) is 97.4 cm³/mol. The third-order valence-electron chi connectivity index (χ3n) is 3.75. The molecule has 0 unspecified atom stereocenters. The van der Waals surface area contributed by atoms with Gasteiger partial charge in [-0.05, 0) is 37.1 Å². The van der Waals surface area contributed by atoms with Gasteiger partial charge >= 0.3 is 0 Å². The summed E-state index contributed by atoms with van der Waals surface area (Å²) >= 11 is 0. The number of carbonyl (C=O) groups excluding carboxylic acids is 1. The second-order valence-electron chi connectivity index (χ2n) is 5.57.